The molecule has 1 aliphatic rings. The third-order valence-electron chi connectivity index (χ3n) is 5.07. The lowest BCUT2D eigenvalue weighted by Gasteiger charge is -2.33. The summed E-state index contributed by atoms with van der Waals surface area (Å²) in [6.45, 7) is 1.98. The summed E-state index contributed by atoms with van der Waals surface area (Å²) in [6.07, 6.45) is 4.32. The van der Waals surface area contributed by atoms with Gasteiger partial charge in [-0.2, -0.15) is 0 Å². The largest absolute Gasteiger partial charge is 0.453 e. The minimum atomic E-state index is -0.150. The van der Waals surface area contributed by atoms with E-state index in [0.29, 0.717) is 5.76 Å². The average molecular weight is 333 g/mol. The predicted octanol–water partition coefficient (Wildman–Crippen LogP) is 4.71. The van der Waals surface area contributed by atoms with Crippen molar-refractivity contribution in [3.8, 4) is 0 Å². The number of nitrogens with zero attached hydrogens (tertiary/aromatic N) is 1. The first-order valence-electron chi connectivity index (χ1n) is 9.12. The molecule has 128 valence electrons. The molecule has 0 amide bonds. The highest BCUT2D eigenvalue weighted by Crippen LogP contribution is 2.24. The molecule has 3 aromatic rings. The summed E-state index contributed by atoms with van der Waals surface area (Å²) in [5.74, 6) is 0.578. The van der Waals surface area contributed by atoms with Gasteiger partial charge in [0.2, 0.25) is 5.78 Å². The number of ketones is 1. The number of fused-ring (bicyclic) bond motifs is 1. The summed E-state index contributed by atoms with van der Waals surface area (Å²) in [7, 11) is 0. The van der Waals surface area contributed by atoms with E-state index in [4.69, 9.17) is 4.42 Å². The molecule has 1 saturated heterocycles. The number of furan rings is 1. The Labute approximate surface area is 148 Å². The van der Waals surface area contributed by atoms with Gasteiger partial charge in [0.15, 0.2) is 5.76 Å². The number of Topliss-reactive ketones (excluding diaryl/α,β-unsaturated/α-hetero) is 1. The van der Waals surface area contributed by atoms with E-state index in [-0.39, 0.29) is 11.8 Å². The molecule has 1 aliphatic heterocycles. The summed E-state index contributed by atoms with van der Waals surface area (Å²) in [4.78, 5) is 15.6. The van der Waals surface area contributed by atoms with Crippen LogP contribution >= 0.6 is 0 Å². The van der Waals surface area contributed by atoms with Gasteiger partial charge in [-0.1, -0.05) is 55.0 Å². The smallest absolute Gasteiger partial charge is 0.215 e. The van der Waals surface area contributed by atoms with Gasteiger partial charge in [-0.25, -0.2) is 0 Å². The highest BCUT2D eigenvalue weighted by Gasteiger charge is 2.30. The summed E-state index contributed by atoms with van der Waals surface area (Å²) < 4.78 is 5.86. The van der Waals surface area contributed by atoms with Gasteiger partial charge < -0.3 is 4.42 Å². The molecule has 0 saturated carbocycles. The molecule has 3 nitrogen and oxygen atoms in total. The van der Waals surface area contributed by atoms with Crippen molar-refractivity contribution in [2.24, 2.45) is 0 Å². The molecule has 0 aliphatic carbocycles. The number of carbonyl (C=O) groups excluding carboxylic acids is 1. The number of hydrogen-bond acceptors (Lipinski definition) is 3. The van der Waals surface area contributed by atoms with Gasteiger partial charge in [0.05, 0.1) is 6.04 Å². The second kappa shape index (κ2) is 7.24. The van der Waals surface area contributed by atoms with E-state index >= 15 is 0 Å². The molecule has 0 N–H and O–H groups in total. The molecule has 25 heavy (non-hydrogen) atoms. The average Bonchev–Trinajstić information content (AvgIpc) is 3.11. The number of piperidine rings is 1. The standard InChI is InChI=1S/C22H23NO2/c24-22(21-16-18-11-5-6-12-20(18)25-21)19(23-13-7-2-8-14-23)15-17-9-3-1-4-10-17/h1,3-6,9-12,16,19H,2,7-8,13-15H2/t19-/m0/s1. The fourth-order valence-corrected chi connectivity index (χ4v) is 3.72. The van der Waals surface area contributed by atoms with Crippen molar-refractivity contribution in [1.29, 1.82) is 0 Å². The normalized spacial score (nSPS) is 16.8. The zero-order valence-electron chi connectivity index (χ0n) is 14.4. The molecule has 1 aromatic heterocycles. The molecule has 2 heterocycles. The Bertz CT molecular complexity index is 814. The Morgan fingerprint density at radius 3 is 2.44 bits per heavy atom. The molecule has 2 aromatic carbocycles. The van der Waals surface area contributed by atoms with E-state index in [0.717, 1.165) is 30.5 Å². The van der Waals surface area contributed by atoms with Gasteiger partial charge in [-0.15, -0.1) is 0 Å². The van der Waals surface area contributed by atoms with Crippen LogP contribution in [0.4, 0.5) is 0 Å². The first kappa shape index (κ1) is 16.1. The maximum absolute atomic E-state index is 13.3. The quantitative estimate of drug-likeness (QED) is 0.634. The summed E-state index contributed by atoms with van der Waals surface area (Å²) >= 11 is 0. The topological polar surface area (TPSA) is 33.5 Å². The molecule has 0 bridgehead atoms. The maximum Gasteiger partial charge on any atom is 0.215 e. The van der Waals surface area contributed by atoms with E-state index in [1.54, 1.807) is 0 Å². The van der Waals surface area contributed by atoms with E-state index in [9.17, 15) is 4.79 Å². The van der Waals surface area contributed by atoms with Gasteiger partial charge in [0.1, 0.15) is 5.58 Å². The lowest BCUT2D eigenvalue weighted by molar-refractivity contribution is 0.0756. The Hall–Kier alpha value is -2.39. The lowest BCUT2D eigenvalue weighted by atomic mass is 9.97. The third-order valence-corrected chi connectivity index (χ3v) is 5.07. The number of carbonyl (C=O) groups is 1. The molecule has 0 unspecified atom stereocenters. The molecule has 0 radical (unpaired) electrons. The van der Waals surface area contributed by atoms with Crippen LogP contribution in [0.15, 0.2) is 65.1 Å². The zero-order chi connectivity index (χ0) is 17.1. The van der Waals surface area contributed by atoms with Crippen LogP contribution in [-0.4, -0.2) is 29.8 Å². The van der Waals surface area contributed by atoms with Crippen molar-refractivity contribution in [3.05, 3.63) is 72.0 Å². The highest BCUT2D eigenvalue weighted by atomic mass is 16.3. The molecular weight excluding hydrogens is 310 g/mol. The van der Waals surface area contributed by atoms with E-state index in [1.807, 2.05) is 48.5 Å². The molecular formula is C22H23NO2. The van der Waals surface area contributed by atoms with Crippen LogP contribution in [0.25, 0.3) is 11.0 Å². The van der Waals surface area contributed by atoms with E-state index in [1.165, 1.54) is 24.8 Å². The molecule has 1 atom stereocenters. The molecule has 4 rings (SSSR count). The molecule has 0 spiro atoms. The fourth-order valence-electron chi connectivity index (χ4n) is 3.72. The van der Waals surface area contributed by atoms with Gasteiger partial charge in [0, 0.05) is 5.39 Å². The Balaban J connectivity index is 1.64. The van der Waals surface area contributed by atoms with Gasteiger partial charge >= 0.3 is 0 Å². The van der Waals surface area contributed by atoms with Crippen LogP contribution in [0, 0.1) is 0 Å². The van der Waals surface area contributed by atoms with Crippen LogP contribution in [0.5, 0.6) is 0 Å². The predicted molar refractivity (Wildman–Crippen MR) is 99.9 cm³/mol. The van der Waals surface area contributed by atoms with Crippen LogP contribution in [0.1, 0.15) is 35.4 Å². The number of para-hydroxylation sites is 1. The zero-order valence-corrected chi connectivity index (χ0v) is 14.4. The van der Waals surface area contributed by atoms with E-state index < -0.39 is 0 Å². The van der Waals surface area contributed by atoms with Crippen molar-refractivity contribution < 1.29 is 9.21 Å². The van der Waals surface area contributed by atoms with E-state index in [2.05, 4.69) is 17.0 Å². The number of likely N-dealkylation sites (tertiary alicyclic amines) is 1. The number of benzene rings is 2. The molecule has 3 heteroatoms. The molecule has 1 fully saturated rings. The monoisotopic (exact) mass is 333 g/mol. The number of rotatable bonds is 5. The Morgan fingerprint density at radius 2 is 1.68 bits per heavy atom. The Morgan fingerprint density at radius 1 is 0.960 bits per heavy atom. The second-order valence-corrected chi connectivity index (χ2v) is 6.81. The summed E-state index contributed by atoms with van der Waals surface area (Å²) in [5, 5.41) is 0.989. The first-order valence-corrected chi connectivity index (χ1v) is 9.12. The summed E-state index contributed by atoms with van der Waals surface area (Å²) in [5.41, 5.74) is 1.98. The number of hydrogen-bond donors (Lipinski definition) is 0. The maximum atomic E-state index is 13.3. The minimum Gasteiger partial charge on any atom is -0.453 e. The van der Waals surface area contributed by atoms with Crippen molar-refractivity contribution in [3.63, 3.8) is 0 Å². The minimum absolute atomic E-state index is 0.0990. The van der Waals surface area contributed by atoms with Crippen molar-refractivity contribution in [2.75, 3.05) is 13.1 Å². The van der Waals surface area contributed by atoms with Gasteiger partial charge in [-0.05, 0) is 50.0 Å². The summed E-state index contributed by atoms with van der Waals surface area (Å²) in [6, 6.07) is 19.8. The highest BCUT2D eigenvalue weighted by molar-refractivity contribution is 6.01. The SMILES string of the molecule is O=C(c1cc2ccccc2o1)[C@H](Cc1ccccc1)N1CCCCC1. The lowest BCUT2D eigenvalue weighted by Crippen LogP contribution is -2.45. The first-order chi connectivity index (χ1) is 12.3. The second-order valence-electron chi connectivity index (χ2n) is 6.81. The van der Waals surface area contributed by atoms with Crippen LogP contribution < -0.4 is 0 Å². The van der Waals surface area contributed by atoms with Gasteiger partial charge in [0.25, 0.3) is 0 Å². The van der Waals surface area contributed by atoms with Crippen LogP contribution in [0.2, 0.25) is 0 Å². The third kappa shape index (κ3) is 3.52. The van der Waals surface area contributed by atoms with Crippen LogP contribution in [0.3, 0.4) is 0 Å². The van der Waals surface area contributed by atoms with Gasteiger partial charge in [-0.3, -0.25) is 9.69 Å². The van der Waals surface area contributed by atoms with Crippen LogP contribution in [-0.2, 0) is 6.42 Å². The van der Waals surface area contributed by atoms with Crippen molar-refractivity contribution in [1.82, 2.24) is 4.90 Å². The van der Waals surface area contributed by atoms with Crippen molar-refractivity contribution >= 4 is 16.8 Å². The fraction of sp³-hybridized carbons (Fsp3) is 0.318. The Kier molecular flexibility index (Phi) is 4.66. The van der Waals surface area contributed by atoms with Crippen molar-refractivity contribution in [2.45, 2.75) is 31.7 Å².